The lowest BCUT2D eigenvalue weighted by molar-refractivity contribution is -0.138. The molecule has 5 heteroatoms. The number of aromatic amines is 1. The highest BCUT2D eigenvalue weighted by molar-refractivity contribution is 5.77. The van der Waals surface area contributed by atoms with Crippen molar-refractivity contribution in [2.45, 2.75) is 12.8 Å². The van der Waals surface area contributed by atoms with E-state index in [1.54, 1.807) is 37.4 Å². The number of nitrogens with zero attached hydrogens (tertiary/aromatic N) is 1. The van der Waals surface area contributed by atoms with E-state index in [0.29, 0.717) is 11.3 Å². The second kappa shape index (κ2) is 4.29. The molecule has 2 rings (SSSR count). The third kappa shape index (κ3) is 1.99. The van der Waals surface area contributed by atoms with Gasteiger partial charge in [0.2, 0.25) is 0 Å². The quantitative estimate of drug-likeness (QED) is 0.838. The molecule has 0 fully saturated rings. The molecule has 0 aliphatic rings. The second-order valence-corrected chi connectivity index (χ2v) is 3.75. The predicted octanol–water partition coefficient (Wildman–Crippen LogP) is 1.35. The van der Waals surface area contributed by atoms with Gasteiger partial charge in [0.05, 0.1) is 11.6 Å². The molecule has 0 aliphatic carbocycles. The van der Waals surface area contributed by atoms with E-state index in [1.165, 1.54) is 10.8 Å². The predicted molar refractivity (Wildman–Crippen MR) is 62.4 cm³/mol. The number of rotatable bonds is 3. The number of hydrogen-bond acceptors (Lipinski definition) is 2. The normalized spacial score (nSPS) is 12.3. The molecule has 0 amide bonds. The molecular weight excluding hydrogens is 220 g/mol. The SMILES string of the molecule is CC(C(=O)O)c1ccccc1-n1cc[nH]c1=O. The summed E-state index contributed by atoms with van der Waals surface area (Å²) in [5.41, 5.74) is 0.922. The van der Waals surface area contributed by atoms with Crippen molar-refractivity contribution in [1.82, 2.24) is 9.55 Å². The smallest absolute Gasteiger partial charge is 0.330 e. The molecule has 1 heterocycles. The molecule has 1 unspecified atom stereocenters. The van der Waals surface area contributed by atoms with Crippen LogP contribution in [0.15, 0.2) is 41.5 Å². The number of imidazole rings is 1. The molecule has 0 radical (unpaired) electrons. The van der Waals surface area contributed by atoms with Crippen LogP contribution in [0.1, 0.15) is 18.4 Å². The maximum atomic E-state index is 11.5. The van der Waals surface area contributed by atoms with Crippen molar-refractivity contribution >= 4 is 5.97 Å². The van der Waals surface area contributed by atoms with Gasteiger partial charge in [-0.1, -0.05) is 18.2 Å². The Morgan fingerprint density at radius 3 is 2.71 bits per heavy atom. The van der Waals surface area contributed by atoms with Crippen molar-refractivity contribution in [2.24, 2.45) is 0 Å². The molecule has 2 aromatic rings. The minimum atomic E-state index is -0.916. The first-order valence-electron chi connectivity index (χ1n) is 5.19. The van der Waals surface area contributed by atoms with Crippen LogP contribution < -0.4 is 5.69 Å². The van der Waals surface area contributed by atoms with Gasteiger partial charge in [-0.3, -0.25) is 9.36 Å². The van der Waals surface area contributed by atoms with Crippen LogP contribution in [0.2, 0.25) is 0 Å². The number of para-hydroxylation sites is 1. The van der Waals surface area contributed by atoms with E-state index in [-0.39, 0.29) is 5.69 Å². The summed E-state index contributed by atoms with van der Waals surface area (Å²) >= 11 is 0. The Morgan fingerprint density at radius 1 is 1.41 bits per heavy atom. The Hall–Kier alpha value is -2.30. The summed E-state index contributed by atoms with van der Waals surface area (Å²) in [5, 5.41) is 9.03. The molecule has 0 aliphatic heterocycles. The van der Waals surface area contributed by atoms with E-state index in [9.17, 15) is 9.59 Å². The first-order chi connectivity index (χ1) is 8.11. The number of aliphatic carboxylic acids is 1. The van der Waals surface area contributed by atoms with Gasteiger partial charge in [0.25, 0.3) is 0 Å². The molecule has 5 nitrogen and oxygen atoms in total. The second-order valence-electron chi connectivity index (χ2n) is 3.75. The zero-order valence-corrected chi connectivity index (χ0v) is 9.25. The van der Waals surface area contributed by atoms with Gasteiger partial charge in [-0.15, -0.1) is 0 Å². The lowest BCUT2D eigenvalue weighted by atomic mass is 9.99. The molecule has 0 bridgehead atoms. The highest BCUT2D eigenvalue weighted by atomic mass is 16.4. The highest BCUT2D eigenvalue weighted by Gasteiger charge is 2.18. The molecule has 0 saturated heterocycles. The Labute approximate surface area is 97.3 Å². The lowest BCUT2D eigenvalue weighted by Gasteiger charge is -2.12. The molecule has 1 aromatic heterocycles. The summed E-state index contributed by atoms with van der Waals surface area (Å²) in [7, 11) is 0. The van der Waals surface area contributed by atoms with Gasteiger partial charge in [0.15, 0.2) is 0 Å². The number of carboxylic acid groups (broad SMARTS) is 1. The Morgan fingerprint density at radius 2 is 2.12 bits per heavy atom. The van der Waals surface area contributed by atoms with Crippen LogP contribution >= 0.6 is 0 Å². The number of carboxylic acids is 1. The van der Waals surface area contributed by atoms with Crippen LogP contribution in [0.3, 0.4) is 0 Å². The van der Waals surface area contributed by atoms with E-state index < -0.39 is 11.9 Å². The standard InChI is InChI=1S/C12H12N2O3/c1-8(11(15)16)9-4-2-3-5-10(9)14-7-6-13-12(14)17/h2-8H,1H3,(H,13,17)(H,15,16). The summed E-state index contributed by atoms with van der Waals surface area (Å²) in [5.74, 6) is -1.57. The molecule has 0 spiro atoms. The zero-order valence-electron chi connectivity index (χ0n) is 9.25. The van der Waals surface area contributed by atoms with Gasteiger partial charge >= 0.3 is 11.7 Å². The summed E-state index contributed by atoms with van der Waals surface area (Å²) in [6.07, 6.45) is 3.10. The monoisotopic (exact) mass is 232 g/mol. The van der Waals surface area contributed by atoms with Gasteiger partial charge in [-0.05, 0) is 18.6 Å². The molecule has 1 aromatic carbocycles. The first-order valence-corrected chi connectivity index (χ1v) is 5.19. The minimum Gasteiger partial charge on any atom is -0.481 e. The molecule has 2 N–H and O–H groups in total. The van der Waals surface area contributed by atoms with Gasteiger partial charge in [0.1, 0.15) is 0 Å². The molecule has 1 atom stereocenters. The van der Waals surface area contributed by atoms with Crippen LogP contribution in [0, 0.1) is 0 Å². The van der Waals surface area contributed by atoms with Crippen LogP contribution in [-0.2, 0) is 4.79 Å². The molecule has 88 valence electrons. The van der Waals surface area contributed by atoms with Gasteiger partial charge < -0.3 is 10.1 Å². The molecule has 17 heavy (non-hydrogen) atoms. The van der Waals surface area contributed by atoms with E-state index >= 15 is 0 Å². The van der Waals surface area contributed by atoms with Crippen molar-refractivity contribution in [2.75, 3.05) is 0 Å². The van der Waals surface area contributed by atoms with E-state index in [2.05, 4.69) is 4.98 Å². The summed E-state index contributed by atoms with van der Waals surface area (Å²) < 4.78 is 1.40. The first kappa shape index (κ1) is 11.2. The fraction of sp³-hybridized carbons (Fsp3) is 0.167. The van der Waals surface area contributed by atoms with Crippen LogP contribution in [0.4, 0.5) is 0 Å². The number of aromatic nitrogens is 2. The lowest BCUT2D eigenvalue weighted by Crippen LogP contribution is -2.18. The minimum absolute atomic E-state index is 0.282. The van der Waals surface area contributed by atoms with Crippen molar-refractivity contribution in [1.29, 1.82) is 0 Å². The highest BCUT2D eigenvalue weighted by Crippen LogP contribution is 2.22. The van der Waals surface area contributed by atoms with Crippen molar-refractivity contribution in [3.8, 4) is 5.69 Å². The molecular formula is C12H12N2O3. The third-order valence-corrected chi connectivity index (χ3v) is 2.68. The van der Waals surface area contributed by atoms with Crippen LogP contribution in [0.5, 0.6) is 0 Å². The Balaban J connectivity index is 2.60. The average molecular weight is 232 g/mol. The largest absolute Gasteiger partial charge is 0.481 e. The van der Waals surface area contributed by atoms with Crippen molar-refractivity contribution < 1.29 is 9.90 Å². The summed E-state index contributed by atoms with van der Waals surface area (Å²) in [6.45, 7) is 1.60. The summed E-state index contributed by atoms with van der Waals surface area (Å²) in [6, 6.07) is 6.97. The third-order valence-electron chi connectivity index (χ3n) is 2.68. The Kier molecular flexibility index (Phi) is 2.82. The maximum absolute atomic E-state index is 11.5. The summed E-state index contributed by atoms with van der Waals surface area (Å²) in [4.78, 5) is 25.1. The van der Waals surface area contributed by atoms with Crippen molar-refractivity contribution in [3.63, 3.8) is 0 Å². The van der Waals surface area contributed by atoms with Crippen LogP contribution in [-0.4, -0.2) is 20.6 Å². The number of nitrogens with one attached hydrogen (secondary N) is 1. The number of carbonyl (C=O) groups is 1. The fourth-order valence-corrected chi connectivity index (χ4v) is 1.72. The van der Waals surface area contributed by atoms with Gasteiger partial charge in [-0.2, -0.15) is 0 Å². The van der Waals surface area contributed by atoms with Crippen molar-refractivity contribution in [3.05, 3.63) is 52.7 Å². The van der Waals surface area contributed by atoms with E-state index in [4.69, 9.17) is 5.11 Å². The van der Waals surface area contributed by atoms with E-state index in [1.807, 2.05) is 0 Å². The number of hydrogen-bond donors (Lipinski definition) is 2. The van der Waals surface area contributed by atoms with Gasteiger partial charge in [-0.25, -0.2) is 4.79 Å². The fourth-order valence-electron chi connectivity index (χ4n) is 1.72. The average Bonchev–Trinajstić information content (AvgIpc) is 2.74. The Bertz CT molecular complexity index is 598. The topological polar surface area (TPSA) is 75.1 Å². The van der Waals surface area contributed by atoms with Crippen LogP contribution in [0.25, 0.3) is 5.69 Å². The maximum Gasteiger partial charge on any atom is 0.330 e. The zero-order chi connectivity index (χ0) is 12.4. The molecule has 0 saturated carbocycles. The number of H-pyrrole nitrogens is 1. The number of benzene rings is 1. The van der Waals surface area contributed by atoms with Gasteiger partial charge in [0, 0.05) is 12.4 Å². The van der Waals surface area contributed by atoms with E-state index in [0.717, 1.165) is 0 Å².